The highest BCUT2D eigenvalue weighted by Crippen LogP contribution is 2.13. The first-order chi connectivity index (χ1) is 5.48. The molecule has 0 radical (unpaired) electrons. The average Bonchev–Trinajstić information content (AvgIpc) is 1.98. The average molecular weight is 172 g/mol. The summed E-state index contributed by atoms with van der Waals surface area (Å²) in [7, 11) is 0. The molecule has 2 nitrogen and oxygen atoms in total. The van der Waals surface area contributed by atoms with Crippen molar-refractivity contribution >= 4 is 5.78 Å². The molecule has 0 aliphatic rings. The second-order valence-corrected chi connectivity index (χ2v) is 3.77. The lowest BCUT2D eigenvalue weighted by molar-refractivity contribution is -0.117. The lowest BCUT2D eigenvalue weighted by Crippen LogP contribution is -2.23. The largest absolute Gasteiger partial charge is 0.376 e. The number of Topliss-reactive ketones (excluding diaryl/α,β-unsaturated/α-hetero) is 1. The Morgan fingerprint density at radius 1 is 1.42 bits per heavy atom. The van der Waals surface area contributed by atoms with Gasteiger partial charge < -0.3 is 9.53 Å². The monoisotopic (exact) mass is 172 g/mol. The Morgan fingerprint density at radius 3 is 2.42 bits per heavy atom. The third-order valence-corrected chi connectivity index (χ3v) is 2.02. The summed E-state index contributed by atoms with van der Waals surface area (Å²) in [6, 6.07) is 0. The molecule has 0 saturated carbocycles. The maximum atomic E-state index is 10.6. The Kier molecular flexibility index (Phi) is 5.14. The third-order valence-electron chi connectivity index (χ3n) is 2.02. The number of hydrogen-bond donors (Lipinski definition) is 0. The smallest absolute Gasteiger partial charge is 0.129 e. The molecule has 0 unspecified atom stereocenters. The van der Waals surface area contributed by atoms with Crippen LogP contribution in [0.25, 0.3) is 0 Å². The van der Waals surface area contributed by atoms with Gasteiger partial charge in [0, 0.05) is 13.0 Å². The molecule has 2 heteroatoms. The summed E-state index contributed by atoms with van der Waals surface area (Å²) in [5.41, 5.74) is -0.0310. The van der Waals surface area contributed by atoms with Crippen molar-refractivity contribution in [1.82, 2.24) is 0 Å². The van der Waals surface area contributed by atoms with Crippen molar-refractivity contribution in [2.75, 3.05) is 6.61 Å². The summed E-state index contributed by atoms with van der Waals surface area (Å²) in [5, 5.41) is 0. The van der Waals surface area contributed by atoms with E-state index in [-0.39, 0.29) is 11.4 Å². The predicted octanol–water partition coefficient (Wildman–Crippen LogP) is 2.56. The van der Waals surface area contributed by atoms with Crippen LogP contribution < -0.4 is 0 Å². The standard InChI is InChI=1S/C10H20O2/c1-5-10(3,4)12-8-6-7-9(2)11/h5-8H2,1-4H3. The minimum Gasteiger partial charge on any atom is -0.376 e. The molecule has 0 aromatic carbocycles. The minimum atomic E-state index is -0.0310. The number of carbonyl (C=O) groups excluding carboxylic acids is 1. The molecule has 0 heterocycles. The second-order valence-electron chi connectivity index (χ2n) is 3.77. The molecule has 12 heavy (non-hydrogen) atoms. The van der Waals surface area contributed by atoms with E-state index in [4.69, 9.17) is 4.74 Å². The molecule has 0 aromatic heterocycles. The van der Waals surface area contributed by atoms with Gasteiger partial charge in [-0.1, -0.05) is 6.92 Å². The van der Waals surface area contributed by atoms with Crippen LogP contribution in [0.5, 0.6) is 0 Å². The first-order valence-corrected chi connectivity index (χ1v) is 4.61. The molecule has 0 rings (SSSR count). The van der Waals surface area contributed by atoms with E-state index in [1.165, 1.54) is 0 Å². The van der Waals surface area contributed by atoms with Crippen molar-refractivity contribution < 1.29 is 9.53 Å². The van der Waals surface area contributed by atoms with E-state index >= 15 is 0 Å². The fraction of sp³-hybridized carbons (Fsp3) is 0.900. The molecule has 0 spiro atoms. The number of ether oxygens (including phenoxy) is 1. The summed E-state index contributed by atoms with van der Waals surface area (Å²) in [4.78, 5) is 10.6. The van der Waals surface area contributed by atoms with Crippen molar-refractivity contribution in [3.63, 3.8) is 0 Å². The van der Waals surface area contributed by atoms with E-state index in [2.05, 4.69) is 20.8 Å². The van der Waals surface area contributed by atoms with Crippen molar-refractivity contribution in [2.24, 2.45) is 0 Å². The third kappa shape index (κ3) is 6.35. The zero-order valence-electron chi connectivity index (χ0n) is 8.64. The van der Waals surface area contributed by atoms with Crippen LogP contribution in [-0.4, -0.2) is 18.0 Å². The summed E-state index contributed by atoms with van der Waals surface area (Å²) < 4.78 is 5.58. The van der Waals surface area contributed by atoms with Gasteiger partial charge in [0.1, 0.15) is 5.78 Å². The number of ketones is 1. The summed E-state index contributed by atoms with van der Waals surface area (Å²) in [6.07, 6.45) is 2.49. The van der Waals surface area contributed by atoms with Crippen LogP contribution in [-0.2, 0) is 9.53 Å². The van der Waals surface area contributed by atoms with Crippen molar-refractivity contribution in [3.05, 3.63) is 0 Å². The van der Waals surface area contributed by atoms with Gasteiger partial charge in [0.2, 0.25) is 0 Å². The van der Waals surface area contributed by atoms with Gasteiger partial charge in [-0.2, -0.15) is 0 Å². The van der Waals surface area contributed by atoms with E-state index in [1.54, 1.807) is 6.92 Å². The highest BCUT2D eigenvalue weighted by Gasteiger charge is 2.14. The van der Waals surface area contributed by atoms with Gasteiger partial charge in [-0.3, -0.25) is 0 Å². The van der Waals surface area contributed by atoms with Gasteiger partial charge in [-0.25, -0.2) is 0 Å². The Morgan fingerprint density at radius 2 is 2.00 bits per heavy atom. The molecule has 0 amide bonds. The Balaban J connectivity index is 3.37. The maximum Gasteiger partial charge on any atom is 0.129 e. The van der Waals surface area contributed by atoms with Gasteiger partial charge in [-0.05, 0) is 33.6 Å². The summed E-state index contributed by atoms with van der Waals surface area (Å²) in [5.74, 6) is 0.243. The molecule has 0 aliphatic carbocycles. The van der Waals surface area contributed by atoms with Crippen LogP contribution >= 0.6 is 0 Å². The molecule has 0 aromatic rings. The molecule has 0 saturated heterocycles. The van der Waals surface area contributed by atoms with E-state index < -0.39 is 0 Å². The van der Waals surface area contributed by atoms with Crippen molar-refractivity contribution in [2.45, 2.75) is 52.6 Å². The second kappa shape index (κ2) is 5.31. The van der Waals surface area contributed by atoms with Crippen LogP contribution in [0.15, 0.2) is 0 Å². The Bertz CT molecular complexity index is 139. The fourth-order valence-electron chi connectivity index (χ4n) is 0.772. The Labute approximate surface area is 75.3 Å². The van der Waals surface area contributed by atoms with Crippen molar-refractivity contribution in [3.8, 4) is 0 Å². The molecule has 0 bridgehead atoms. The van der Waals surface area contributed by atoms with Gasteiger partial charge >= 0.3 is 0 Å². The van der Waals surface area contributed by atoms with Crippen LogP contribution in [0.4, 0.5) is 0 Å². The molecule has 0 atom stereocenters. The van der Waals surface area contributed by atoms with E-state index in [0.717, 1.165) is 12.8 Å². The minimum absolute atomic E-state index is 0.0310. The zero-order valence-corrected chi connectivity index (χ0v) is 8.64. The zero-order chi connectivity index (χ0) is 9.61. The van der Waals surface area contributed by atoms with Gasteiger partial charge in [0.05, 0.1) is 5.60 Å². The first kappa shape index (κ1) is 11.6. The van der Waals surface area contributed by atoms with Crippen molar-refractivity contribution in [1.29, 1.82) is 0 Å². The van der Waals surface area contributed by atoms with E-state index in [1.807, 2.05) is 0 Å². The van der Waals surface area contributed by atoms with Crippen LogP contribution in [0.2, 0.25) is 0 Å². The van der Waals surface area contributed by atoms with Crippen LogP contribution in [0.1, 0.15) is 47.0 Å². The SMILES string of the molecule is CCC(C)(C)OCCCC(C)=O. The molecule has 0 aliphatic heterocycles. The predicted molar refractivity (Wildman–Crippen MR) is 50.2 cm³/mol. The summed E-state index contributed by atoms with van der Waals surface area (Å²) in [6.45, 7) is 8.55. The van der Waals surface area contributed by atoms with E-state index in [9.17, 15) is 4.79 Å². The lowest BCUT2D eigenvalue weighted by Gasteiger charge is -2.23. The van der Waals surface area contributed by atoms with Gasteiger partial charge in [-0.15, -0.1) is 0 Å². The summed E-state index contributed by atoms with van der Waals surface area (Å²) >= 11 is 0. The highest BCUT2D eigenvalue weighted by molar-refractivity contribution is 5.75. The Hall–Kier alpha value is -0.370. The topological polar surface area (TPSA) is 26.3 Å². The quantitative estimate of drug-likeness (QED) is 0.575. The van der Waals surface area contributed by atoms with E-state index in [0.29, 0.717) is 13.0 Å². The normalized spacial score (nSPS) is 11.7. The number of rotatable bonds is 6. The first-order valence-electron chi connectivity index (χ1n) is 4.61. The molecule has 72 valence electrons. The molecule has 0 fully saturated rings. The molecular weight excluding hydrogens is 152 g/mol. The maximum absolute atomic E-state index is 10.6. The number of carbonyl (C=O) groups is 1. The molecular formula is C10H20O2. The lowest BCUT2D eigenvalue weighted by atomic mass is 10.1. The van der Waals surface area contributed by atoms with Crippen LogP contribution in [0.3, 0.4) is 0 Å². The van der Waals surface area contributed by atoms with Crippen LogP contribution in [0, 0.1) is 0 Å². The molecule has 0 N–H and O–H groups in total. The van der Waals surface area contributed by atoms with Gasteiger partial charge in [0.15, 0.2) is 0 Å². The highest BCUT2D eigenvalue weighted by atomic mass is 16.5. The fourth-order valence-corrected chi connectivity index (χ4v) is 0.772. The number of hydrogen-bond acceptors (Lipinski definition) is 2. The van der Waals surface area contributed by atoms with Gasteiger partial charge in [0.25, 0.3) is 0 Å².